The molecule has 0 unspecified atom stereocenters. The first-order chi connectivity index (χ1) is 20.6. The minimum atomic E-state index is -0.204. The summed E-state index contributed by atoms with van der Waals surface area (Å²) in [4.78, 5) is 26.2. The summed E-state index contributed by atoms with van der Waals surface area (Å²) >= 11 is 3.63. The Morgan fingerprint density at radius 1 is 0.905 bits per heavy atom. The molecule has 1 saturated heterocycles. The Labute approximate surface area is 254 Å². The van der Waals surface area contributed by atoms with E-state index in [2.05, 4.69) is 59.0 Å². The second kappa shape index (κ2) is 10.7. The summed E-state index contributed by atoms with van der Waals surface area (Å²) in [5, 5.41) is 11.8. The van der Waals surface area contributed by atoms with Crippen molar-refractivity contribution in [2.75, 3.05) is 19.6 Å². The highest BCUT2D eigenvalue weighted by Crippen LogP contribution is 2.51. The van der Waals surface area contributed by atoms with Crippen LogP contribution in [0.5, 0.6) is 0 Å². The van der Waals surface area contributed by atoms with Crippen molar-refractivity contribution in [2.45, 2.75) is 87.9 Å². The van der Waals surface area contributed by atoms with Gasteiger partial charge in [-0.25, -0.2) is 4.98 Å². The molecule has 0 atom stereocenters. The van der Waals surface area contributed by atoms with Crippen LogP contribution in [0, 0.1) is 5.92 Å². The van der Waals surface area contributed by atoms with Gasteiger partial charge in [-0.15, -0.1) is 0 Å². The monoisotopic (exact) mass is 627 g/mol. The number of hydrogen-bond donors (Lipinski definition) is 1. The Bertz CT molecular complexity index is 1660. The Morgan fingerprint density at radius 3 is 2.45 bits per heavy atom. The van der Waals surface area contributed by atoms with E-state index in [1.54, 1.807) is 0 Å². The lowest BCUT2D eigenvalue weighted by Gasteiger charge is -2.36. The first kappa shape index (κ1) is 26.7. The van der Waals surface area contributed by atoms with E-state index in [4.69, 9.17) is 9.97 Å². The predicted octanol–water partition coefficient (Wildman–Crippen LogP) is 6.38. The van der Waals surface area contributed by atoms with Crippen LogP contribution in [0.1, 0.15) is 105 Å². The van der Waals surface area contributed by atoms with Gasteiger partial charge in [0.05, 0.1) is 28.2 Å². The minimum absolute atomic E-state index is 0.138. The molecule has 2 aliphatic heterocycles. The Balaban J connectivity index is 1.03. The molecule has 8 rings (SSSR count). The molecular formula is C33H38BrN7O. The molecule has 1 spiro atoms. The Kier molecular flexibility index (Phi) is 6.78. The summed E-state index contributed by atoms with van der Waals surface area (Å²) in [6.07, 6.45) is 14.8. The number of hydrogen-bond acceptors (Lipinski definition) is 6. The van der Waals surface area contributed by atoms with Crippen molar-refractivity contribution in [3.8, 4) is 5.82 Å². The third-order valence-electron chi connectivity index (χ3n) is 10.8. The largest absolute Gasteiger partial charge is 0.303 e. The van der Waals surface area contributed by atoms with Crippen molar-refractivity contribution in [3.05, 3.63) is 74.1 Å². The zero-order valence-electron chi connectivity index (χ0n) is 24.1. The number of piperidine rings is 1. The smallest absolute Gasteiger partial charge is 0.281 e. The molecule has 0 amide bonds. The lowest BCUT2D eigenvalue weighted by Crippen LogP contribution is -2.37. The predicted molar refractivity (Wildman–Crippen MR) is 166 cm³/mol. The van der Waals surface area contributed by atoms with Gasteiger partial charge in [0.1, 0.15) is 11.6 Å². The standard InChI is InChI=1S/C33H38BrN7O/c34-25-5-4-6-28-29(25)31(42)37-32-33(15-2-1-3-16-33)24-11-12-26(36-30(24)41(28)32)23-13-17-40(18-14-23)20-21-7-9-22(10-8-21)27-19-35-39-38-27/h4-6,11-12,19,21-23H,1-3,7-10,13-18,20H2,(H,35,38,39). The number of likely N-dealkylation sites (tertiary alicyclic amines) is 1. The van der Waals surface area contributed by atoms with Gasteiger partial charge in [0.25, 0.3) is 5.56 Å². The summed E-state index contributed by atoms with van der Waals surface area (Å²) < 4.78 is 3.03. The molecular weight excluding hydrogens is 590 g/mol. The molecule has 9 heteroatoms. The zero-order valence-corrected chi connectivity index (χ0v) is 25.7. The SMILES string of the molecule is O=c1nc2n(c3cccc(Br)c13)-c1nc(C3CCN(CC4CCC(c5cn[nH]n5)CC4)CC3)ccc1C21CCCCC1. The second-order valence-electron chi connectivity index (χ2n) is 13.1. The van der Waals surface area contributed by atoms with E-state index in [1.165, 1.54) is 49.9 Å². The zero-order chi connectivity index (χ0) is 28.3. The molecule has 5 heterocycles. The number of halogens is 1. The van der Waals surface area contributed by atoms with Crippen molar-refractivity contribution >= 4 is 26.8 Å². The molecule has 218 valence electrons. The van der Waals surface area contributed by atoms with E-state index >= 15 is 0 Å². The van der Waals surface area contributed by atoms with E-state index < -0.39 is 0 Å². The molecule has 1 N–H and O–H groups in total. The number of aromatic nitrogens is 6. The van der Waals surface area contributed by atoms with Gasteiger partial charge in [-0.05, 0) is 105 Å². The quantitative estimate of drug-likeness (QED) is 0.282. The van der Waals surface area contributed by atoms with Crippen molar-refractivity contribution in [1.29, 1.82) is 0 Å². The third kappa shape index (κ3) is 4.37. The summed E-state index contributed by atoms with van der Waals surface area (Å²) in [6, 6.07) is 10.6. The van der Waals surface area contributed by atoms with Gasteiger partial charge < -0.3 is 4.90 Å². The van der Waals surface area contributed by atoms with Crippen LogP contribution in [0.25, 0.3) is 16.7 Å². The number of rotatable bonds is 4. The highest BCUT2D eigenvalue weighted by molar-refractivity contribution is 9.10. The van der Waals surface area contributed by atoms with Gasteiger partial charge >= 0.3 is 0 Å². The topological polar surface area (TPSA) is 92.6 Å². The number of nitrogens with zero attached hydrogens (tertiary/aromatic N) is 6. The van der Waals surface area contributed by atoms with Crippen molar-refractivity contribution < 1.29 is 0 Å². The maximum Gasteiger partial charge on any atom is 0.281 e. The highest BCUT2D eigenvalue weighted by atomic mass is 79.9. The number of H-pyrrole nitrogens is 1. The Morgan fingerprint density at radius 2 is 1.69 bits per heavy atom. The molecule has 2 saturated carbocycles. The number of aromatic amines is 1. The van der Waals surface area contributed by atoms with Crippen LogP contribution in [-0.4, -0.2) is 54.5 Å². The average Bonchev–Trinajstić information content (AvgIpc) is 3.65. The van der Waals surface area contributed by atoms with Gasteiger partial charge in [0.2, 0.25) is 0 Å². The average molecular weight is 629 g/mol. The fourth-order valence-corrected chi connectivity index (χ4v) is 9.12. The second-order valence-corrected chi connectivity index (χ2v) is 14.0. The molecule has 3 aromatic heterocycles. The van der Waals surface area contributed by atoms with Crippen LogP contribution in [0.4, 0.5) is 0 Å². The van der Waals surface area contributed by atoms with E-state index in [-0.39, 0.29) is 11.0 Å². The molecule has 0 radical (unpaired) electrons. The van der Waals surface area contributed by atoms with E-state index in [9.17, 15) is 4.79 Å². The first-order valence-electron chi connectivity index (χ1n) is 15.9. The van der Waals surface area contributed by atoms with Crippen LogP contribution in [0.15, 0.2) is 45.8 Å². The number of pyridine rings is 1. The van der Waals surface area contributed by atoms with E-state index in [1.807, 2.05) is 18.3 Å². The minimum Gasteiger partial charge on any atom is -0.303 e. The summed E-state index contributed by atoms with van der Waals surface area (Å²) in [6.45, 7) is 3.49. The summed E-state index contributed by atoms with van der Waals surface area (Å²) in [5.74, 6) is 3.73. The summed E-state index contributed by atoms with van der Waals surface area (Å²) in [5.41, 5.74) is 4.18. The molecule has 4 aromatic rings. The number of fused-ring (bicyclic) bond motifs is 7. The fourth-order valence-electron chi connectivity index (χ4n) is 8.59. The van der Waals surface area contributed by atoms with Crippen molar-refractivity contribution in [2.24, 2.45) is 5.92 Å². The lowest BCUT2D eigenvalue weighted by atomic mass is 9.70. The van der Waals surface area contributed by atoms with Crippen LogP contribution >= 0.6 is 15.9 Å². The van der Waals surface area contributed by atoms with E-state index in [0.717, 1.165) is 84.9 Å². The molecule has 0 bridgehead atoms. The summed E-state index contributed by atoms with van der Waals surface area (Å²) in [7, 11) is 0. The van der Waals surface area contributed by atoms with Gasteiger partial charge in [-0.1, -0.05) is 31.4 Å². The van der Waals surface area contributed by atoms with Crippen LogP contribution in [-0.2, 0) is 5.41 Å². The molecule has 4 aliphatic rings. The van der Waals surface area contributed by atoms with Crippen molar-refractivity contribution in [1.82, 2.24) is 34.8 Å². The molecule has 1 aromatic carbocycles. The van der Waals surface area contributed by atoms with Gasteiger partial charge in [-0.2, -0.15) is 20.4 Å². The number of benzene rings is 1. The van der Waals surface area contributed by atoms with Crippen LogP contribution < -0.4 is 5.56 Å². The van der Waals surface area contributed by atoms with Gasteiger partial charge in [0, 0.05) is 34.1 Å². The van der Waals surface area contributed by atoms with Crippen LogP contribution in [0.3, 0.4) is 0 Å². The first-order valence-corrected chi connectivity index (χ1v) is 16.7. The van der Waals surface area contributed by atoms with Gasteiger partial charge in [0.15, 0.2) is 0 Å². The highest BCUT2D eigenvalue weighted by Gasteiger charge is 2.47. The van der Waals surface area contributed by atoms with Crippen LogP contribution in [0.2, 0.25) is 0 Å². The Hall–Kier alpha value is -2.91. The van der Waals surface area contributed by atoms with E-state index in [0.29, 0.717) is 17.2 Å². The fraction of sp³-hybridized carbons (Fsp3) is 0.545. The normalized spacial score (nSPS) is 24.2. The number of nitrogens with one attached hydrogen (secondary N) is 1. The molecule has 2 aliphatic carbocycles. The maximum absolute atomic E-state index is 13.3. The molecule has 3 fully saturated rings. The third-order valence-corrected chi connectivity index (χ3v) is 11.5. The molecule has 8 nitrogen and oxygen atoms in total. The molecule has 42 heavy (non-hydrogen) atoms. The lowest BCUT2D eigenvalue weighted by molar-refractivity contribution is 0.158. The van der Waals surface area contributed by atoms with Gasteiger partial charge in [-0.3, -0.25) is 9.36 Å². The van der Waals surface area contributed by atoms with Crippen molar-refractivity contribution in [3.63, 3.8) is 0 Å². The maximum atomic E-state index is 13.3.